The van der Waals surface area contributed by atoms with Crippen molar-refractivity contribution in [2.45, 2.75) is 26.8 Å². The SMILES string of the molecule is COC(=O)C(Nc1ccc(C)cc1)c1cc(C)ccc1C. The Labute approximate surface area is 126 Å². The summed E-state index contributed by atoms with van der Waals surface area (Å²) in [6, 6.07) is 13.6. The number of methoxy groups -OCH3 is 1. The van der Waals surface area contributed by atoms with Gasteiger partial charge in [0.25, 0.3) is 0 Å². The molecule has 2 rings (SSSR count). The Morgan fingerprint density at radius 3 is 2.24 bits per heavy atom. The van der Waals surface area contributed by atoms with Gasteiger partial charge in [-0.05, 0) is 44.0 Å². The molecule has 0 saturated carbocycles. The van der Waals surface area contributed by atoms with Gasteiger partial charge in [-0.2, -0.15) is 0 Å². The van der Waals surface area contributed by atoms with E-state index >= 15 is 0 Å². The van der Waals surface area contributed by atoms with Crippen LogP contribution in [0.1, 0.15) is 28.3 Å². The van der Waals surface area contributed by atoms with E-state index in [1.54, 1.807) is 0 Å². The summed E-state index contributed by atoms with van der Waals surface area (Å²) in [6.07, 6.45) is 0. The third kappa shape index (κ3) is 3.63. The fraction of sp³-hybridized carbons (Fsp3) is 0.278. The molecule has 0 aliphatic carbocycles. The molecule has 0 heterocycles. The predicted octanol–water partition coefficient (Wildman–Crippen LogP) is 3.94. The third-order valence-electron chi connectivity index (χ3n) is 3.55. The minimum absolute atomic E-state index is 0.288. The Bertz CT molecular complexity index is 632. The maximum atomic E-state index is 12.2. The molecule has 0 saturated heterocycles. The van der Waals surface area contributed by atoms with E-state index in [2.05, 4.69) is 5.32 Å². The monoisotopic (exact) mass is 283 g/mol. The first-order chi connectivity index (χ1) is 10.0. The molecule has 0 bridgehead atoms. The van der Waals surface area contributed by atoms with E-state index in [0.29, 0.717) is 0 Å². The summed E-state index contributed by atoms with van der Waals surface area (Å²) >= 11 is 0. The Kier molecular flexibility index (Phi) is 4.63. The van der Waals surface area contributed by atoms with Gasteiger partial charge >= 0.3 is 5.97 Å². The van der Waals surface area contributed by atoms with Crippen LogP contribution >= 0.6 is 0 Å². The van der Waals surface area contributed by atoms with Crippen LogP contribution in [-0.2, 0) is 9.53 Å². The maximum Gasteiger partial charge on any atom is 0.332 e. The number of nitrogens with one attached hydrogen (secondary N) is 1. The van der Waals surface area contributed by atoms with Gasteiger partial charge in [-0.15, -0.1) is 0 Å². The fourth-order valence-electron chi connectivity index (χ4n) is 2.27. The van der Waals surface area contributed by atoms with Gasteiger partial charge in [0.05, 0.1) is 7.11 Å². The first kappa shape index (κ1) is 15.1. The van der Waals surface area contributed by atoms with Crippen molar-refractivity contribution in [3.05, 3.63) is 64.7 Å². The summed E-state index contributed by atoms with van der Waals surface area (Å²) in [4.78, 5) is 12.2. The quantitative estimate of drug-likeness (QED) is 0.864. The number of hydrogen-bond donors (Lipinski definition) is 1. The van der Waals surface area contributed by atoms with Gasteiger partial charge < -0.3 is 10.1 Å². The van der Waals surface area contributed by atoms with Crippen molar-refractivity contribution < 1.29 is 9.53 Å². The van der Waals surface area contributed by atoms with Crippen LogP contribution in [0.3, 0.4) is 0 Å². The highest BCUT2D eigenvalue weighted by Gasteiger charge is 2.23. The van der Waals surface area contributed by atoms with Crippen LogP contribution in [0.4, 0.5) is 5.69 Å². The molecular weight excluding hydrogens is 262 g/mol. The Balaban J connectivity index is 2.36. The topological polar surface area (TPSA) is 38.3 Å². The van der Waals surface area contributed by atoms with Crippen molar-refractivity contribution >= 4 is 11.7 Å². The second-order valence-corrected chi connectivity index (χ2v) is 5.33. The number of carbonyl (C=O) groups excluding carboxylic acids is 1. The van der Waals surface area contributed by atoms with Gasteiger partial charge in [0.1, 0.15) is 0 Å². The second kappa shape index (κ2) is 6.44. The van der Waals surface area contributed by atoms with E-state index in [4.69, 9.17) is 4.74 Å². The molecule has 110 valence electrons. The molecule has 3 heteroatoms. The van der Waals surface area contributed by atoms with Crippen molar-refractivity contribution in [2.75, 3.05) is 12.4 Å². The number of ether oxygens (including phenoxy) is 1. The highest BCUT2D eigenvalue weighted by Crippen LogP contribution is 2.25. The Morgan fingerprint density at radius 1 is 1.00 bits per heavy atom. The van der Waals surface area contributed by atoms with Crippen molar-refractivity contribution in [3.8, 4) is 0 Å². The first-order valence-electron chi connectivity index (χ1n) is 6.99. The number of benzene rings is 2. The molecule has 21 heavy (non-hydrogen) atoms. The highest BCUT2D eigenvalue weighted by atomic mass is 16.5. The average Bonchev–Trinajstić information content (AvgIpc) is 2.48. The van der Waals surface area contributed by atoms with Crippen LogP contribution in [-0.4, -0.2) is 13.1 Å². The summed E-state index contributed by atoms with van der Waals surface area (Å²) in [5.41, 5.74) is 5.21. The molecule has 0 aliphatic heterocycles. The molecule has 0 aliphatic rings. The fourth-order valence-corrected chi connectivity index (χ4v) is 2.27. The minimum atomic E-state index is -0.502. The van der Waals surface area contributed by atoms with Crippen molar-refractivity contribution in [2.24, 2.45) is 0 Å². The molecule has 1 atom stereocenters. The van der Waals surface area contributed by atoms with E-state index in [0.717, 1.165) is 22.4 Å². The first-order valence-corrected chi connectivity index (χ1v) is 6.99. The lowest BCUT2D eigenvalue weighted by Gasteiger charge is -2.20. The zero-order valence-electron chi connectivity index (χ0n) is 12.9. The zero-order chi connectivity index (χ0) is 15.4. The second-order valence-electron chi connectivity index (χ2n) is 5.33. The van der Waals surface area contributed by atoms with Crippen molar-refractivity contribution in [1.82, 2.24) is 0 Å². The van der Waals surface area contributed by atoms with Crippen LogP contribution in [0.25, 0.3) is 0 Å². The van der Waals surface area contributed by atoms with Gasteiger partial charge in [0.15, 0.2) is 6.04 Å². The van der Waals surface area contributed by atoms with Gasteiger partial charge in [-0.25, -0.2) is 4.79 Å². The molecule has 1 unspecified atom stereocenters. The summed E-state index contributed by atoms with van der Waals surface area (Å²) in [5, 5.41) is 3.27. The molecule has 1 N–H and O–H groups in total. The average molecular weight is 283 g/mol. The maximum absolute atomic E-state index is 12.2. The summed E-state index contributed by atoms with van der Waals surface area (Å²) < 4.78 is 4.96. The lowest BCUT2D eigenvalue weighted by atomic mass is 9.98. The number of esters is 1. The zero-order valence-corrected chi connectivity index (χ0v) is 12.9. The Hall–Kier alpha value is -2.29. The van der Waals surface area contributed by atoms with Crippen LogP contribution in [0.5, 0.6) is 0 Å². The minimum Gasteiger partial charge on any atom is -0.467 e. The number of hydrogen-bond acceptors (Lipinski definition) is 3. The molecule has 0 radical (unpaired) electrons. The summed E-state index contributed by atoms with van der Waals surface area (Å²) in [7, 11) is 1.41. The van der Waals surface area contributed by atoms with Gasteiger partial charge in [-0.1, -0.05) is 41.5 Å². The predicted molar refractivity (Wildman–Crippen MR) is 85.5 cm³/mol. The molecule has 0 aromatic heterocycles. The lowest BCUT2D eigenvalue weighted by Crippen LogP contribution is -2.23. The number of anilines is 1. The van der Waals surface area contributed by atoms with Crippen LogP contribution < -0.4 is 5.32 Å². The number of rotatable bonds is 4. The van der Waals surface area contributed by atoms with E-state index in [-0.39, 0.29) is 5.97 Å². The van der Waals surface area contributed by atoms with E-state index in [1.807, 2.05) is 63.2 Å². The van der Waals surface area contributed by atoms with Crippen LogP contribution in [0, 0.1) is 20.8 Å². The van der Waals surface area contributed by atoms with Gasteiger partial charge in [0.2, 0.25) is 0 Å². The molecule has 2 aromatic carbocycles. The molecule has 0 fully saturated rings. The third-order valence-corrected chi connectivity index (χ3v) is 3.55. The Morgan fingerprint density at radius 2 is 1.62 bits per heavy atom. The molecule has 3 nitrogen and oxygen atoms in total. The van der Waals surface area contributed by atoms with Crippen LogP contribution in [0.2, 0.25) is 0 Å². The van der Waals surface area contributed by atoms with Crippen molar-refractivity contribution in [1.29, 1.82) is 0 Å². The molecule has 0 amide bonds. The standard InChI is InChI=1S/C18H21NO2/c1-12-6-9-15(10-7-12)19-17(18(20)21-4)16-11-13(2)5-8-14(16)3/h5-11,17,19H,1-4H3. The normalized spacial score (nSPS) is 11.8. The van der Waals surface area contributed by atoms with Crippen LogP contribution in [0.15, 0.2) is 42.5 Å². The lowest BCUT2D eigenvalue weighted by molar-refractivity contribution is -0.141. The van der Waals surface area contributed by atoms with Gasteiger partial charge in [0, 0.05) is 5.69 Å². The van der Waals surface area contributed by atoms with Gasteiger partial charge in [-0.3, -0.25) is 0 Å². The summed E-state index contributed by atoms with van der Waals surface area (Å²) in [6.45, 7) is 6.05. The molecular formula is C18H21NO2. The highest BCUT2D eigenvalue weighted by molar-refractivity contribution is 5.81. The number of carbonyl (C=O) groups is 1. The molecule has 2 aromatic rings. The van der Waals surface area contributed by atoms with Crippen molar-refractivity contribution in [3.63, 3.8) is 0 Å². The molecule has 0 spiro atoms. The van der Waals surface area contributed by atoms with E-state index in [1.165, 1.54) is 12.7 Å². The number of aryl methyl sites for hydroxylation is 3. The van der Waals surface area contributed by atoms with E-state index in [9.17, 15) is 4.79 Å². The van der Waals surface area contributed by atoms with E-state index < -0.39 is 6.04 Å². The summed E-state index contributed by atoms with van der Waals surface area (Å²) in [5.74, 6) is -0.288. The largest absolute Gasteiger partial charge is 0.467 e. The smallest absolute Gasteiger partial charge is 0.332 e.